The Morgan fingerprint density at radius 1 is 1.04 bits per heavy atom. The predicted octanol–water partition coefficient (Wildman–Crippen LogP) is 1.45. The average molecular weight is 414 g/mol. The highest BCUT2D eigenvalue weighted by atomic mass is 32.2. The first-order valence-corrected chi connectivity index (χ1v) is 11.2. The van der Waals surface area contributed by atoms with Crippen LogP contribution in [0, 0.1) is 0 Å². The normalized spacial score (nSPS) is 15.8. The van der Waals surface area contributed by atoms with Crippen LogP contribution >= 0.6 is 0 Å². The summed E-state index contributed by atoms with van der Waals surface area (Å²) >= 11 is 0. The number of ether oxygens (including phenoxy) is 2. The van der Waals surface area contributed by atoms with Crippen LogP contribution in [0.25, 0.3) is 0 Å². The van der Waals surface area contributed by atoms with Gasteiger partial charge in [0.15, 0.2) is 0 Å². The number of para-hydroxylation sites is 1. The number of hydrogen-bond acceptors (Lipinski definition) is 5. The van der Waals surface area contributed by atoms with Crippen LogP contribution in [0.4, 0.5) is 0 Å². The lowest BCUT2D eigenvalue weighted by atomic mass is 10.1. The van der Waals surface area contributed by atoms with Crippen LogP contribution in [0.5, 0.6) is 5.75 Å². The van der Waals surface area contributed by atoms with Crippen molar-refractivity contribution >= 4 is 16.1 Å². The second kappa shape index (κ2) is 10.8. The fraction of sp³-hybridized carbons (Fsp3) is 0.632. The Kier molecular flexibility index (Phi) is 8.68. The minimum absolute atomic E-state index is 0.146. The molecule has 1 aromatic rings. The minimum atomic E-state index is -3.47. The topological polar surface area (TPSA) is 79.4 Å². The zero-order valence-corrected chi connectivity index (χ0v) is 17.8. The molecule has 0 bridgehead atoms. The smallest absolute Gasteiger partial charge is 0.282 e. The number of carbonyl (C=O) groups is 1. The van der Waals surface area contributed by atoms with Crippen molar-refractivity contribution in [2.24, 2.45) is 0 Å². The molecule has 0 aliphatic carbocycles. The van der Waals surface area contributed by atoms with Gasteiger partial charge in [0.2, 0.25) is 0 Å². The van der Waals surface area contributed by atoms with Crippen molar-refractivity contribution in [2.45, 2.75) is 20.8 Å². The van der Waals surface area contributed by atoms with Crippen molar-refractivity contribution in [1.29, 1.82) is 0 Å². The van der Waals surface area contributed by atoms with E-state index < -0.39 is 10.2 Å². The molecule has 8 nitrogen and oxygen atoms in total. The minimum Gasteiger partial charge on any atom is -0.490 e. The Morgan fingerprint density at radius 3 is 2.29 bits per heavy atom. The van der Waals surface area contributed by atoms with Crippen molar-refractivity contribution in [3.8, 4) is 5.75 Å². The molecule has 1 aromatic carbocycles. The molecule has 1 fully saturated rings. The number of amides is 1. The fourth-order valence-corrected chi connectivity index (χ4v) is 4.73. The molecule has 0 unspecified atom stereocenters. The van der Waals surface area contributed by atoms with Gasteiger partial charge in [0.1, 0.15) is 12.4 Å². The van der Waals surface area contributed by atoms with Crippen LogP contribution in [0.15, 0.2) is 24.3 Å². The summed E-state index contributed by atoms with van der Waals surface area (Å²) in [4.78, 5) is 14.6. The lowest BCUT2D eigenvalue weighted by Gasteiger charge is -2.36. The van der Waals surface area contributed by atoms with Crippen molar-refractivity contribution in [2.75, 3.05) is 59.1 Å². The number of rotatable bonds is 10. The Labute approximate surface area is 168 Å². The fourth-order valence-electron chi connectivity index (χ4n) is 3.13. The number of hydrogen-bond donors (Lipinski definition) is 0. The van der Waals surface area contributed by atoms with E-state index in [0.717, 1.165) is 0 Å². The molecule has 1 aliphatic heterocycles. The third-order valence-electron chi connectivity index (χ3n) is 4.69. The molecule has 0 N–H and O–H groups in total. The molecule has 158 valence electrons. The molecule has 28 heavy (non-hydrogen) atoms. The third-order valence-corrected chi connectivity index (χ3v) is 6.88. The molecule has 0 aromatic heterocycles. The molecule has 0 saturated carbocycles. The van der Waals surface area contributed by atoms with Crippen molar-refractivity contribution < 1.29 is 22.7 Å². The van der Waals surface area contributed by atoms with Crippen LogP contribution in [0.2, 0.25) is 0 Å². The van der Waals surface area contributed by atoms with Gasteiger partial charge in [0, 0.05) is 45.9 Å². The molecule has 0 radical (unpaired) electrons. The van der Waals surface area contributed by atoms with Crippen LogP contribution in [0.3, 0.4) is 0 Å². The number of nitrogens with zero attached hydrogens (tertiary/aromatic N) is 3. The summed E-state index contributed by atoms with van der Waals surface area (Å²) in [6.07, 6.45) is 0. The first-order chi connectivity index (χ1) is 13.5. The Morgan fingerprint density at radius 2 is 1.68 bits per heavy atom. The maximum Gasteiger partial charge on any atom is 0.282 e. The van der Waals surface area contributed by atoms with Gasteiger partial charge in [-0.3, -0.25) is 4.79 Å². The van der Waals surface area contributed by atoms with Crippen LogP contribution in [0.1, 0.15) is 31.1 Å². The summed E-state index contributed by atoms with van der Waals surface area (Å²) in [5.41, 5.74) is 0.485. The van der Waals surface area contributed by atoms with E-state index in [0.29, 0.717) is 57.3 Å². The van der Waals surface area contributed by atoms with Crippen molar-refractivity contribution in [3.63, 3.8) is 0 Å². The molecule has 0 spiro atoms. The highest BCUT2D eigenvalue weighted by Crippen LogP contribution is 2.21. The molecule has 1 aliphatic rings. The predicted molar refractivity (Wildman–Crippen MR) is 108 cm³/mol. The van der Waals surface area contributed by atoms with E-state index in [4.69, 9.17) is 9.47 Å². The maximum absolute atomic E-state index is 12.9. The van der Waals surface area contributed by atoms with Gasteiger partial charge in [-0.25, -0.2) is 0 Å². The van der Waals surface area contributed by atoms with Gasteiger partial charge < -0.3 is 14.4 Å². The Balaban J connectivity index is 2.00. The van der Waals surface area contributed by atoms with E-state index in [1.807, 2.05) is 26.8 Å². The summed E-state index contributed by atoms with van der Waals surface area (Å²) in [6, 6.07) is 7.11. The van der Waals surface area contributed by atoms with Gasteiger partial charge >= 0.3 is 0 Å². The number of carbonyl (C=O) groups excluding carboxylic acids is 1. The summed E-state index contributed by atoms with van der Waals surface area (Å²) in [7, 11) is -3.47. The average Bonchev–Trinajstić information content (AvgIpc) is 2.72. The van der Waals surface area contributed by atoms with Crippen LogP contribution < -0.4 is 4.74 Å². The zero-order valence-electron chi connectivity index (χ0n) is 17.0. The van der Waals surface area contributed by atoms with Gasteiger partial charge in [-0.2, -0.15) is 17.0 Å². The van der Waals surface area contributed by atoms with Crippen LogP contribution in [-0.2, 0) is 14.9 Å². The van der Waals surface area contributed by atoms with E-state index in [9.17, 15) is 13.2 Å². The van der Waals surface area contributed by atoms with E-state index in [-0.39, 0.29) is 19.0 Å². The largest absolute Gasteiger partial charge is 0.490 e. The van der Waals surface area contributed by atoms with Gasteiger partial charge in [0.05, 0.1) is 12.2 Å². The van der Waals surface area contributed by atoms with Gasteiger partial charge in [-0.1, -0.05) is 26.0 Å². The molecule has 9 heteroatoms. The highest BCUT2D eigenvalue weighted by molar-refractivity contribution is 7.86. The molecular weight excluding hydrogens is 382 g/mol. The van der Waals surface area contributed by atoms with Crippen molar-refractivity contribution in [1.82, 2.24) is 13.5 Å². The van der Waals surface area contributed by atoms with E-state index in [2.05, 4.69) is 0 Å². The zero-order chi connectivity index (χ0) is 20.6. The highest BCUT2D eigenvalue weighted by Gasteiger charge is 2.32. The third kappa shape index (κ3) is 5.44. The summed E-state index contributed by atoms with van der Waals surface area (Å²) in [5.74, 6) is 0.372. The lowest BCUT2D eigenvalue weighted by molar-refractivity contribution is 0.0685. The molecule has 1 saturated heterocycles. The molecule has 1 amide bonds. The molecule has 1 heterocycles. The standard InChI is InChI=1S/C19H31N3O5S/c1-4-21(5-2)28(24,25)22-13-11-20(12-14-22)19(23)17-9-7-8-10-18(17)27-16-15-26-6-3/h7-10H,4-6,11-16H2,1-3H3. The summed E-state index contributed by atoms with van der Waals surface area (Å²) < 4.78 is 39.1. The summed E-state index contributed by atoms with van der Waals surface area (Å²) in [5, 5.41) is 0. The Hall–Kier alpha value is -1.68. The second-order valence-corrected chi connectivity index (χ2v) is 8.25. The van der Waals surface area contributed by atoms with Gasteiger partial charge in [-0.05, 0) is 19.1 Å². The molecular formula is C19H31N3O5S. The summed E-state index contributed by atoms with van der Waals surface area (Å²) in [6.45, 7) is 9.16. The first kappa shape index (κ1) is 22.6. The first-order valence-electron chi connectivity index (χ1n) is 9.79. The maximum atomic E-state index is 12.9. The number of piperazine rings is 1. The van der Waals surface area contributed by atoms with E-state index >= 15 is 0 Å². The second-order valence-electron chi connectivity index (χ2n) is 6.32. The van der Waals surface area contributed by atoms with Gasteiger partial charge in [-0.15, -0.1) is 0 Å². The van der Waals surface area contributed by atoms with Crippen molar-refractivity contribution in [3.05, 3.63) is 29.8 Å². The molecule has 2 rings (SSSR count). The van der Waals surface area contributed by atoms with E-state index in [1.165, 1.54) is 8.61 Å². The molecule has 0 atom stereocenters. The van der Waals surface area contributed by atoms with E-state index in [1.54, 1.807) is 23.1 Å². The lowest BCUT2D eigenvalue weighted by Crippen LogP contribution is -2.54. The Bertz CT molecular complexity index is 729. The van der Waals surface area contributed by atoms with Crippen LogP contribution in [-0.4, -0.2) is 86.9 Å². The number of benzene rings is 1. The monoisotopic (exact) mass is 413 g/mol. The van der Waals surface area contributed by atoms with Gasteiger partial charge in [0.25, 0.3) is 16.1 Å². The SMILES string of the molecule is CCOCCOc1ccccc1C(=O)N1CCN(S(=O)(=O)N(CC)CC)CC1. The quantitative estimate of drug-likeness (QED) is 0.543.